The van der Waals surface area contributed by atoms with Gasteiger partial charge in [-0.25, -0.2) is 4.79 Å². The largest absolute Gasteiger partial charge is 0.497 e. The van der Waals surface area contributed by atoms with Crippen LogP contribution in [0.15, 0.2) is 24.3 Å². The predicted molar refractivity (Wildman–Crippen MR) is 79.7 cm³/mol. The summed E-state index contributed by atoms with van der Waals surface area (Å²) in [5.41, 5.74) is 0.801. The molecule has 20 heavy (non-hydrogen) atoms. The third kappa shape index (κ3) is 5.23. The Morgan fingerprint density at radius 1 is 1.30 bits per heavy atom. The van der Waals surface area contributed by atoms with Gasteiger partial charge in [0.25, 0.3) is 0 Å². The number of methoxy groups -OCH3 is 1. The number of rotatable bonds is 6. The lowest BCUT2D eigenvalue weighted by Crippen LogP contribution is -2.30. The Balaban J connectivity index is 2.77. The van der Waals surface area contributed by atoms with Crippen molar-refractivity contribution in [3.63, 3.8) is 0 Å². The van der Waals surface area contributed by atoms with E-state index in [0.29, 0.717) is 6.61 Å². The fourth-order valence-electron chi connectivity index (χ4n) is 1.53. The van der Waals surface area contributed by atoms with Crippen LogP contribution in [0.5, 0.6) is 5.75 Å². The van der Waals surface area contributed by atoms with Crippen LogP contribution in [0.25, 0.3) is 0 Å². The predicted octanol–water partition coefficient (Wildman–Crippen LogP) is 2.84. The van der Waals surface area contributed by atoms with Gasteiger partial charge in [0.15, 0.2) is 6.04 Å². The topological polar surface area (TPSA) is 47.6 Å². The van der Waals surface area contributed by atoms with Crippen molar-refractivity contribution in [1.82, 2.24) is 0 Å². The summed E-state index contributed by atoms with van der Waals surface area (Å²) >= 11 is 0. The zero-order valence-corrected chi connectivity index (χ0v) is 12.2. The normalized spacial score (nSPS) is 10.9. The molecule has 0 amide bonds. The van der Waals surface area contributed by atoms with E-state index in [1.807, 2.05) is 31.2 Å². The van der Waals surface area contributed by atoms with Gasteiger partial charge in [-0.05, 0) is 37.6 Å². The quantitative estimate of drug-likeness (QED) is 0.640. The Morgan fingerprint density at radius 3 is 2.55 bits per heavy atom. The standard InChI is InChI=1S/C16H21NO3/c1-4-6-7-8-15(16(18)20-5-2)17-13-9-11-14(19-3)12-10-13/h9-12,15,17H,4-6H2,1-3H3. The number of benzene rings is 1. The second kappa shape index (κ2) is 8.87. The molecule has 4 nitrogen and oxygen atoms in total. The van der Waals surface area contributed by atoms with E-state index < -0.39 is 6.04 Å². The van der Waals surface area contributed by atoms with Gasteiger partial charge < -0.3 is 14.8 Å². The highest BCUT2D eigenvalue weighted by Crippen LogP contribution is 2.16. The summed E-state index contributed by atoms with van der Waals surface area (Å²) in [5.74, 6) is 6.30. The molecule has 0 heterocycles. The number of anilines is 1. The number of hydrogen-bond acceptors (Lipinski definition) is 4. The molecule has 0 aliphatic rings. The molecule has 1 N–H and O–H groups in total. The van der Waals surface area contributed by atoms with Crippen LogP contribution in [0.4, 0.5) is 5.69 Å². The van der Waals surface area contributed by atoms with Crippen molar-refractivity contribution in [2.45, 2.75) is 32.7 Å². The van der Waals surface area contributed by atoms with Crippen molar-refractivity contribution in [3.05, 3.63) is 24.3 Å². The molecule has 0 saturated carbocycles. The van der Waals surface area contributed by atoms with Gasteiger partial charge in [0.1, 0.15) is 5.75 Å². The number of carbonyl (C=O) groups excluding carboxylic acids is 1. The molecule has 1 aromatic carbocycles. The molecule has 0 spiro atoms. The average Bonchev–Trinajstić information content (AvgIpc) is 2.47. The van der Waals surface area contributed by atoms with Crippen LogP contribution in [0.1, 0.15) is 26.7 Å². The molecule has 1 rings (SSSR count). The Labute approximate surface area is 120 Å². The number of ether oxygens (including phenoxy) is 2. The van der Waals surface area contributed by atoms with Crippen molar-refractivity contribution >= 4 is 11.7 Å². The van der Waals surface area contributed by atoms with E-state index >= 15 is 0 Å². The zero-order valence-electron chi connectivity index (χ0n) is 12.2. The maximum atomic E-state index is 11.9. The SMILES string of the molecule is CCCC#CC(Nc1ccc(OC)cc1)C(=O)OCC. The molecule has 0 saturated heterocycles. The van der Waals surface area contributed by atoms with E-state index in [1.165, 1.54) is 0 Å². The van der Waals surface area contributed by atoms with Crippen LogP contribution in [0.2, 0.25) is 0 Å². The number of carbonyl (C=O) groups is 1. The lowest BCUT2D eigenvalue weighted by molar-refractivity contribution is -0.142. The van der Waals surface area contributed by atoms with Crippen LogP contribution in [-0.2, 0) is 9.53 Å². The van der Waals surface area contributed by atoms with Gasteiger partial charge in [0.2, 0.25) is 0 Å². The first-order valence-electron chi connectivity index (χ1n) is 6.76. The second-order valence-corrected chi connectivity index (χ2v) is 4.13. The average molecular weight is 275 g/mol. The minimum Gasteiger partial charge on any atom is -0.497 e. The van der Waals surface area contributed by atoms with Crippen LogP contribution in [0, 0.1) is 11.8 Å². The smallest absolute Gasteiger partial charge is 0.341 e. The maximum Gasteiger partial charge on any atom is 0.341 e. The third-order valence-corrected chi connectivity index (χ3v) is 2.54. The minimum atomic E-state index is -0.644. The molecular weight excluding hydrogens is 254 g/mol. The van der Waals surface area contributed by atoms with Gasteiger partial charge in [-0.15, -0.1) is 5.92 Å². The van der Waals surface area contributed by atoms with Gasteiger partial charge in [-0.1, -0.05) is 12.8 Å². The number of esters is 1. The van der Waals surface area contributed by atoms with E-state index in [1.54, 1.807) is 14.0 Å². The monoisotopic (exact) mass is 275 g/mol. The lowest BCUT2D eigenvalue weighted by atomic mass is 10.2. The van der Waals surface area contributed by atoms with Crippen molar-refractivity contribution < 1.29 is 14.3 Å². The minimum absolute atomic E-state index is 0.342. The molecule has 1 unspecified atom stereocenters. The summed E-state index contributed by atoms with van der Waals surface area (Å²) in [6, 6.07) is 6.68. The fraction of sp³-hybridized carbons (Fsp3) is 0.438. The molecule has 0 radical (unpaired) electrons. The van der Waals surface area contributed by atoms with Crippen molar-refractivity contribution in [3.8, 4) is 17.6 Å². The lowest BCUT2D eigenvalue weighted by Gasteiger charge is -2.13. The molecule has 0 fully saturated rings. The van der Waals surface area contributed by atoms with Gasteiger partial charge in [0.05, 0.1) is 13.7 Å². The highest BCUT2D eigenvalue weighted by Gasteiger charge is 2.16. The number of unbranched alkanes of at least 4 members (excludes halogenated alkanes) is 1. The van der Waals surface area contributed by atoms with Crippen LogP contribution >= 0.6 is 0 Å². The van der Waals surface area contributed by atoms with E-state index in [0.717, 1.165) is 24.3 Å². The molecule has 0 aromatic heterocycles. The molecule has 1 aromatic rings. The molecule has 0 bridgehead atoms. The van der Waals surface area contributed by atoms with Gasteiger partial charge in [-0.3, -0.25) is 0 Å². The molecule has 4 heteroatoms. The first kappa shape index (κ1) is 15.9. The summed E-state index contributed by atoms with van der Waals surface area (Å²) < 4.78 is 10.1. The Morgan fingerprint density at radius 2 is 2.00 bits per heavy atom. The molecule has 0 aliphatic heterocycles. The molecule has 1 atom stereocenters. The number of nitrogens with one attached hydrogen (secondary N) is 1. The fourth-order valence-corrected chi connectivity index (χ4v) is 1.53. The van der Waals surface area contributed by atoms with E-state index in [-0.39, 0.29) is 5.97 Å². The highest BCUT2D eigenvalue weighted by atomic mass is 16.5. The molecule has 0 aliphatic carbocycles. The summed E-state index contributed by atoms with van der Waals surface area (Å²) in [4.78, 5) is 11.9. The first-order chi connectivity index (χ1) is 9.71. The summed E-state index contributed by atoms with van der Waals surface area (Å²) in [6.07, 6.45) is 1.73. The van der Waals surface area contributed by atoms with E-state index in [4.69, 9.17) is 9.47 Å². The second-order valence-electron chi connectivity index (χ2n) is 4.13. The molecular formula is C16H21NO3. The Kier molecular flexibility index (Phi) is 7.05. The van der Waals surface area contributed by atoms with Crippen molar-refractivity contribution in [2.75, 3.05) is 19.0 Å². The van der Waals surface area contributed by atoms with Crippen LogP contribution in [-0.4, -0.2) is 25.7 Å². The van der Waals surface area contributed by atoms with E-state index in [2.05, 4.69) is 17.2 Å². The maximum absolute atomic E-state index is 11.9. The Hall–Kier alpha value is -2.15. The first-order valence-corrected chi connectivity index (χ1v) is 6.76. The highest BCUT2D eigenvalue weighted by molar-refractivity contribution is 5.83. The van der Waals surface area contributed by atoms with Crippen LogP contribution in [0.3, 0.4) is 0 Å². The zero-order chi connectivity index (χ0) is 14.8. The molecule has 108 valence electrons. The van der Waals surface area contributed by atoms with Gasteiger partial charge in [-0.2, -0.15) is 0 Å². The van der Waals surface area contributed by atoms with Crippen LogP contribution < -0.4 is 10.1 Å². The third-order valence-electron chi connectivity index (χ3n) is 2.54. The van der Waals surface area contributed by atoms with E-state index in [9.17, 15) is 4.79 Å². The summed E-state index contributed by atoms with van der Waals surface area (Å²) in [7, 11) is 1.61. The number of hydrogen-bond donors (Lipinski definition) is 1. The van der Waals surface area contributed by atoms with Gasteiger partial charge in [0, 0.05) is 12.1 Å². The summed E-state index contributed by atoms with van der Waals surface area (Å²) in [6.45, 7) is 4.17. The van der Waals surface area contributed by atoms with Crippen molar-refractivity contribution in [1.29, 1.82) is 0 Å². The summed E-state index contributed by atoms with van der Waals surface area (Å²) in [5, 5.41) is 3.07. The van der Waals surface area contributed by atoms with Crippen molar-refractivity contribution in [2.24, 2.45) is 0 Å². The Bertz CT molecular complexity index is 471. The van der Waals surface area contributed by atoms with Gasteiger partial charge >= 0.3 is 5.97 Å².